The number of carbonyl (C=O) groups is 1. The van der Waals surface area contributed by atoms with Crippen LogP contribution in [0.4, 0.5) is 13.2 Å². The van der Waals surface area contributed by atoms with Crippen LogP contribution in [0.25, 0.3) is 0 Å². The normalized spacial score (nSPS) is 12.4. The number of hydrogen-bond donors (Lipinski definition) is 2. The van der Waals surface area contributed by atoms with Gasteiger partial charge in [0.2, 0.25) is 15.9 Å². The van der Waals surface area contributed by atoms with Crippen LogP contribution in [-0.2, 0) is 21.2 Å². The van der Waals surface area contributed by atoms with E-state index in [0.717, 1.165) is 11.3 Å². The Morgan fingerprint density at radius 3 is 2.48 bits per heavy atom. The highest BCUT2D eigenvalue weighted by molar-refractivity contribution is 7.91. The Kier molecular flexibility index (Phi) is 6.17. The van der Waals surface area contributed by atoms with E-state index in [1.807, 2.05) is 0 Å². The molecule has 1 aromatic rings. The molecule has 0 aliphatic rings. The van der Waals surface area contributed by atoms with E-state index in [9.17, 15) is 26.4 Å². The predicted octanol–water partition coefficient (Wildman–Crippen LogP) is 1.79. The van der Waals surface area contributed by atoms with Crippen LogP contribution in [0, 0.1) is 0 Å². The number of nitrogens with two attached hydrogens (primary N) is 1. The summed E-state index contributed by atoms with van der Waals surface area (Å²) in [6, 6.07) is 2.79. The number of alkyl halides is 3. The molecule has 1 heterocycles. The highest BCUT2D eigenvalue weighted by Crippen LogP contribution is 2.22. The van der Waals surface area contributed by atoms with Crippen LogP contribution in [-0.4, -0.2) is 27.0 Å². The molecule has 0 spiro atoms. The Labute approximate surface area is 124 Å². The minimum atomic E-state index is -4.18. The average molecular weight is 344 g/mol. The second-order valence-corrected chi connectivity index (χ2v) is 7.32. The van der Waals surface area contributed by atoms with E-state index in [-0.39, 0.29) is 35.9 Å². The first-order valence-electron chi connectivity index (χ1n) is 6.03. The van der Waals surface area contributed by atoms with Gasteiger partial charge in [-0.15, -0.1) is 11.3 Å². The maximum Gasteiger partial charge on any atom is 0.389 e. The van der Waals surface area contributed by atoms with Gasteiger partial charge in [0.25, 0.3) is 0 Å². The van der Waals surface area contributed by atoms with Crippen LogP contribution in [0.2, 0.25) is 0 Å². The lowest BCUT2D eigenvalue weighted by Crippen LogP contribution is -2.26. The molecule has 0 bridgehead atoms. The van der Waals surface area contributed by atoms with E-state index in [1.165, 1.54) is 12.1 Å². The standard InChI is InChI=1S/C11H15F3N2O3S2/c12-11(13,14)5-1-2-6-16-9(17)7-8-3-4-10(20-8)21(15,18)19/h3-4H,1-2,5-7H2,(H,16,17)(H2,15,18,19). The summed E-state index contributed by atoms with van der Waals surface area (Å²) in [7, 11) is -3.78. The number of nitrogens with one attached hydrogen (secondary N) is 1. The van der Waals surface area contributed by atoms with Crippen molar-refractivity contribution in [3.05, 3.63) is 17.0 Å². The largest absolute Gasteiger partial charge is 0.389 e. The molecule has 21 heavy (non-hydrogen) atoms. The van der Waals surface area contributed by atoms with Gasteiger partial charge in [0.15, 0.2) is 0 Å². The number of amides is 1. The van der Waals surface area contributed by atoms with Gasteiger partial charge in [0.05, 0.1) is 6.42 Å². The van der Waals surface area contributed by atoms with Crippen molar-refractivity contribution in [2.75, 3.05) is 6.54 Å². The molecule has 5 nitrogen and oxygen atoms in total. The molecule has 0 saturated carbocycles. The van der Waals surface area contributed by atoms with Gasteiger partial charge >= 0.3 is 6.18 Å². The van der Waals surface area contributed by atoms with E-state index in [1.54, 1.807) is 0 Å². The zero-order valence-corrected chi connectivity index (χ0v) is 12.6. The lowest BCUT2D eigenvalue weighted by atomic mass is 10.2. The van der Waals surface area contributed by atoms with E-state index >= 15 is 0 Å². The number of rotatable bonds is 7. The Hall–Kier alpha value is -1.13. The zero-order chi connectivity index (χ0) is 16.1. The average Bonchev–Trinajstić information content (AvgIpc) is 2.75. The SMILES string of the molecule is NS(=O)(=O)c1ccc(CC(=O)NCCCCC(F)(F)F)s1. The Morgan fingerprint density at radius 2 is 1.95 bits per heavy atom. The summed E-state index contributed by atoms with van der Waals surface area (Å²) in [6.45, 7) is 0.155. The topological polar surface area (TPSA) is 89.3 Å². The summed E-state index contributed by atoms with van der Waals surface area (Å²) in [5, 5.41) is 7.42. The lowest BCUT2D eigenvalue weighted by molar-refractivity contribution is -0.135. The third-order valence-electron chi connectivity index (χ3n) is 2.46. The van der Waals surface area contributed by atoms with Crippen molar-refractivity contribution in [1.29, 1.82) is 0 Å². The number of hydrogen-bond acceptors (Lipinski definition) is 4. The monoisotopic (exact) mass is 344 g/mol. The second kappa shape index (κ2) is 7.23. The Bertz CT molecular complexity index is 582. The van der Waals surface area contributed by atoms with Crippen LogP contribution < -0.4 is 10.5 Å². The van der Waals surface area contributed by atoms with E-state index in [2.05, 4.69) is 5.32 Å². The number of primary sulfonamides is 1. The molecule has 3 N–H and O–H groups in total. The molecular weight excluding hydrogens is 329 g/mol. The van der Waals surface area contributed by atoms with Crippen LogP contribution in [0.3, 0.4) is 0 Å². The number of halogens is 3. The van der Waals surface area contributed by atoms with Gasteiger partial charge in [-0.2, -0.15) is 13.2 Å². The Balaban J connectivity index is 2.30. The molecule has 1 rings (SSSR count). The van der Waals surface area contributed by atoms with E-state index < -0.39 is 22.6 Å². The van der Waals surface area contributed by atoms with Crippen molar-refractivity contribution in [3.63, 3.8) is 0 Å². The third-order valence-corrected chi connectivity index (χ3v) is 4.99. The van der Waals surface area contributed by atoms with Crippen molar-refractivity contribution in [1.82, 2.24) is 5.32 Å². The molecular formula is C11H15F3N2O3S2. The Morgan fingerprint density at radius 1 is 1.29 bits per heavy atom. The van der Waals surface area contributed by atoms with Gasteiger partial charge in [-0.25, -0.2) is 13.6 Å². The maximum atomic E-state index is 11.9. The van der Waals surface area contributed by atoms with Crippen molar-refractivity contribution in [2.24, 2.45) is 5.14 Å². The predicted molar refractivity (Wildman–Crippen MR) is 72.3 cm³/mol. The minimum Gasteiger partial charge on any atom is -0.356 e. The summed E-state index contributed by atoms with van der Waals surface area (Å²) >= 11 is 0.893. The van der Waals surface area contributed by atoms with Gasteiger partial charge < -0.3 is 5.32 Å². The molecule has 1 amide bonds. The van der Waals surface area contributed by atoms with E-state index in [0.29, 0.717) is 4.88 Å². The van der Waals surface area contributed by atoms with Crippen LogP contribution >= 0.6 is 11.3 Å². The fourth-order valence-corrected chi connectivity index (χ4v) is 3.28. The van der Waals surface area contributed by atoms with Crippen LogP contribution in [0.1, 0.15) is 24.1 Å². The quantitative estimate of drug-likeness (QED) is 0.739. The molecule has 10 heteroatoms. The second-order valence-electron chi connectivity index (χ2n) is 4.36. The maximum absolute atomic E-state index is 11.9. The van der Waals surface area contributed by atoms with Crippen molar-refractivity contribution >= 4 is 27.3 Å². The molecule has 0 aromatic carbocycles. The van der Waals surface area contributed by atoms with Crippen LogP contribution in [0.5, 0.6) is 0 Å². The van der Waals surface area contributed by atoms with Crippen molar-refractivity contribution < 1.29 is 26.4 Å². The van der Waals surface area contributed by atoms with Crippen molar-refractivity contribution in [3.8, 4) is 0 Å². The first-order valence-corrected chi connectivity index (χ1v) is 8.39. The minimum absolute atomic E-state index is 0.0283. The summed E-state index contributed by atoms with van der Waals surface area (Å²) in [5.41, 5.74) is 0. The molecule has 0 fully saturated rings. The fourth-order valence-electron chi connectivity index (χ4n) is 1.51. The van der Waals surface area contributed by atoms with Gasteiger partial charge in [-0.3, -0.25) is 4.79 Å². The number of carbonyl (C=O) groups excluding carboxylic acids is 1. The molecule has 0 atom stereocenters. The molecule has 0 saturated heterocycles. The first kappa shape index (κ1) is 17.9. The summed E-state index contributed by atoms with van der Waals surface area (Å²) < 4.78 is 57.7. The summed E-state index contributed by atoms with van der Waals surface area (Å²) in [6.07, 6.45) is -4.88. The molecule has 1 aromatic heterocycles. The summed E-state index contributed by atoms with van der Waals surface area (Å²) in [4.78, 5) is 12.0. The fraction of sp³-hybridized carbons (Fsp3) is 0.545. The van der Waals surface area contributed by atoms with E-state index in [4.69, 9.17) is 5.14 Å². The van der Waals surface area contributed by atoms with Gasteiger partial charge in [-0.1, -0.05) is 0 Å². The van der Waals surface area contributed by atoms with Gasteiger partial charge in [0.1, 0.15) is 4.21 Å². The van der Waals surface area contributed by atoms with Gasteiger partial charge in [0, 0.05) is 17.8 Å². The molecule has 0 radical (unpaired) electrons. The summed E-state index contributed by atoms with van der Waals surface area (Å²) in [5.74, 6) is -0.371. The molecule has 0 aliphatic heterocycles. The lowest BCUT2D eigenvalue weighted by Gasteiger charge is -2.06. The van der Waals surface area contributed by atoms with Crippen molar-refractivity contribution in [2.45, 2.75) is 36.1 Å². The smallest absolute Gasteiger partial charge is 0.356 e. The molecule has 0 aliphatic carbocycles. The zero-order valence-electron chi connectivity index (χ0n) is 10.9. The molecule has 120 valence electrons. The highest BCUT2D eigenvalue weighted by Gasteiger charge is 2.25. The third kappa shape index (κ3) is 7.44. The first-order chi connectivity index (χ1) is 9.58. The number of unbranched alkanes of at least 4 members (excludes halogenated alkanes) is 1. The number of sulfonamides is 1. The van der Waals surface area contributed by atoms with Crippen LogP contribution in [0.15, 0.2) is 16.3 Å². The van der Waals surface area contributed by atoms with Gasteiger partial charge in [-0.05, 0) is 25.0 Å². The molecule has 0 unspecified atom stereocenters. The highest BCUT2D eigenvalue weighted by atomic mass is 32.2. The number of thiophene rings is 1.